The average Bonchev–Trinajstić information content (AvgIpc) is 3.25. The maximum absolute atomic E-state index is 12.3. The van der Waals surface area contributed by atoms with Crippen LogP contribution in [0.1, 0.15) is 43.7 Å². The summed E-state index contributed by atoms with van der Waals surface area (Å²) in [5, 5.41) is 3.48. The molecule has 1 saturated carbocycles. The van der Waals surface area contributed by atoms with E-state index in [0.29, 0.717) is 12.0 Å². The van der Waals surface area contributed by atoms with E-state index >= 15 is 0 Å². The zero-order valence-corrected chi connectivity index (χ0v) is 12.4. The molecule has 0 heterocycles. The van der Waals surface area contributed by atoms with E-state index in [2.05, 4.69) is 12.2 Å². The molecule has 1 aromatic rings. The first-order chi connectivity index (χ1) is 9.86. The molecule has 0 aliphatic heterocycles. The van der Waals surface area contributed by atoms with Crippen molar-refractivity contribution in [2.75, 3.05) is 6.54 Å². The average molecular weight is 301 g/mol. The zero-order valence-electron chi connectivity index (χ0n) is 12.4. The number of hydrogen-bond acceptors (Lipinski definition) is 2. The van der Waals surface area contributed by atoms with E-state index in [0.717, 1.165) is 19.0 Å². The highest BCUT2D eigenvalue weighted by molar-refractivity contribution is 5.25. The van der Waals surface area contributed by atoms with Crippen molar-refractivity contribution in [3.05, 3.63) is 35.4 Å². The van der Waals surface area contributed by atoms with Gasteiger partial charge in [0.1, 0.15) is 0 Å². The quantitative estimate of drug-likeness (QED) is 0.821. The topological polar surface area (TPSA) is 21.3 Å². The van der Waals surface area contributed by atoms with Gasteiger partial charge in [-0.05, 0) is 36.8 Å². The van der Waals surface area contributed by atoms with Crippen LogP contribution in [0.3, 0.4) is 0 Å². The number of hydrogen-bond donors (Lipinski definition) is 1. The van der Waals surface area contributed by atoms with E-state index in [1.54, 1.807) is 0 Å². The van der Waals surface area contributed by atoms with Gasteiger partial charge in [-0.15, -0.1) is 0 Å². The standard InChI is InChI=1S/C16H22F3NO/c1-11(9-20-15-7-8-15)14-5-3-13(4-6-14)10-21-12(2)16(17,18)19/h3-6,11-12,15,20H,7-10H2,1-2H3. The highest BCUT2D eigenvalue weighted by atomic mass is 19.4. The molecule has 0 spiro atoms. The molecular weight excluding hydrogens is 279 g/mol. The van der Waals surface area contributed by atoms with Gasteiger partial charge >= 0.3 is 6.18 Å². The zero-order chi connectivity index (χ0) is 15.5. The van der Waals surface area contributed by atoms with Gasteiger partial charge in [-0.25, -0.2) is 0 Å². The van der Waals surface area contributed by atoms with Crippen LogP contribution in [0.5, 0.6) is 0 Å². The largest absolute Gasteiger partial charge is 0.414 e. The normalized spacial score (nSPS) is 18.5. The molecule has 118 valence electrons. The highest BCUT2D eigenvalue weighted by Gasteiger charge is 2.36. The van der Waals surface area contributed by atoms with Gasteiger partial charge in [0.05, 0.1) is 6.61 Å². The van der Waals surface area contributed by atoms with Crippen LogP contribution in [-0.4, -0.2) is 24.9 Å². The molecule has 2 rings (SSSR count). The maximum atomic E-state index is 12.3. The van der Waals surface area contributed by atoms with Crippen LogP contribution >= 0.6 is 0 Å². The van der Waals surface area contributed by atoms with Crippen LogP contribution in [-0.2, 0) is 11.3 Å². The van der Waals surface area contributed by atoms with Crippen LogP contribution in [0.2, 0.25) is 0 Å². The van der Waals surface area contributed by atoms with Crippen molar-refractivity contribution in [3.63, 3.8) is 0 Å². The third kappa shape index (κ3) is 5.32. The van der Waals surface area contributed by atoms with Crippen molar-refractivity contribution in [1.82, 2.24) is 5.32 Å². The molecule has 1 aliphatic rings. The lowest BCUT2D eigenvalue weighted by Gasteiger charge is -2.17. The number of halogens is 3. The van der Waals surface area contributed by atoms with Crippen molar-refractivity contribution in [2.24, 2.45) is 0 Å². The first-order valence-electron chi connectivity index (χ1n) is 7.37. The summed E-state index contributed by atoms with van der Waals surface area (Å²) in [6.07, 6.45) is -3.51. The first-order valence-corrected chi connectivity index (χ1v) is 7.37. The van der Waals surface area contributed by atoms with Crippen molar-refractivity contribution in [3.8, 4) is 0 Å². The van der Waals surface area contributed by atoms with Crippen molar-refractivity contribution < 1.29 is 17.9 Å². The van der Waals surface area contributed by atoms with E-state index in [-0.39, 0.29) is 6.61 Å². The van der Waals surface area contributed by atoms with Gasteiger partial charge in [-0.2, -0.15) is 13.2 Å². The summed E-state index contributed by atoms with van der Waals surface area (Å²) < 4.78 is 41.9. The molecule has 0 saturated heterocycles. The summed E-state index contributed by atoms with van der Waals surface area (Å²) in [4.78, 5) is 0. The summed E-state index contributed by atoms with van der Waals surface area (Å²) in [5.41, 5.74) is 1.95. The van der Waals surface area contributed by atoms with E-state index in [1.807, 2.05) is 24.3 Å². The molecule has 1 fully saturated rings. The number of benzene rings is 1. The fourth-order valence-electron chi connectivity index (χ4n) is 2.01. The van der Waals surface area contributed by atoms with Gasteiger partial charge in [0.15, 0.2) is 6.10 Å². The fraction of sp³-hybridized carbons (Fsp3) is 0.625. The van der Waals surface area contributed by atoms with Gasteiger partial charge in [0, 0.05) is 12.6 Å². The SMILES string of the molecule is CC(CNC1CC1)c1ccc(COC(C)C(F)(F)F)cc1. The Hall–Kier alpha value is -1.07. The van der Waals surface area contributed by atoms with Crippen LogP contribution in [0.25, 0.3) is 0 Å². The van der Waals surface area contributed by atoms with E-state index in [9.17, 15) is 13.2 Å². The number of alkyl halides is 3. The minimum absolute atomic E-state index is 0.0182. The van der Waals surface area contributed by atoms with Crippen molar-refractivity contribution >= 4 is 0 Å². The third-order valence-corrected chi connectivity index (χ3v) is 3.80. The Balaban J connectivity index is 1.80. The summed E-state index contributed by atoms with van der Waals surface area (Å²) in [6.45, 7) is 4.09. The summed E-state index contributed by atoms with van der Waals surface area (Å²) in [6, 6.07) is 8.30. The van der Waals surface area contributed by atoms with Gasteiger partial charge < -0.3 is 10.1 Å². The predicted molar refractivity (Wildman–Crippen MR) is 76.2 cm³/mol. The Kier molecular flexibility index (Phi) is 5.27. The second-order valence-corrected chi connectivity index (χ2v) is 5.82. The molecule has 2 unspecified atom stereocenters. The van der Waals surface area contributed by atoms with Crippen LogP contribution in [0.4, 0.5) is 13.2 Å². The summed E-state index contributed by atoms with van der Waals surface area (Å²) in [7, 11) is 0. The molecule has 0 radical (unpaired) electrons. The van der Waals surface area contributed by atoms with Crippen LogP contribution in [0, 0.1) is 0 Å². The molecule has 21 heavy (non-hydrogen) atoms. The Bertz CT molecular complexity index is 440. The monoisotopic (exact) mass is 301 g/mol. The lowest BCUT2D eigenvalue weighted by atomic mass is 10.00. The minimum Gasteiger partial charge on any atom is -0.364 e. The molecule has 5 heteroatoms. The molecule has 0 bridgehead atoms. The Morgan fingerprint density at radius 1 is 1.19 bits per heavy atom. The van der Waals surface area contributed by atoms with Crippen molar-refractivity contribution in [2.45, 2.75) is 57.5 Å². The fourth-order valence-corrected chi connectivity index (χ4v) is 2.01. The lowest BCUT2D eigenvalue weighted by molar-refractivity contribution is -0.217. The Morgan fingerprint density at radius 2 is 1.81 bits per heavy atom. The predicted octanol–water partition coefficient (Wildman–Crippen LogP) is 4.01. The maximum Gasteiger partial charge on any atom is 0.414 e. The van der Waals surface area contributed by atoms with Gasteiger partial charge in [0.2, 0.25) is 0 Å². The van der Waals surface area contributed by atoms with E-state index < -0.39 is 12.3 Å². The van der Waals surface area contributed by atoms with E-state index in [1.165, 1.54) is 18.4 Å². The smallest absolute Gasteiger partial charge is 0.364 e. The van der Waals surface area contributed by atoms with Gasteiger partial charge in [-0.1, -0.05) is 31.2 Å². The Morgan fingerprint density at radius 3 is 2.33 bits per heavy atom. The minimum atomic E-state index is -4.30. The number of nitrogens with one attached hydrogen (secondary N) is 1. The van der Waals surface area contributed by atoms with Gasteiger partial charge in [-0.3, -0.25) is 0 Å². The second kappa shape index (κ2) is 6.79. The second-order valence-electron chi connectivity index (χ2n) is 5.82. The molecule has 2 nitrogen and oxygen atoms in total. The van der Waals surface area contributed by atoms with E-state index in [4.69, 9.17) is 4.74 Å². The van der Waals surface area contributed by atoms with Gasteiger partial charge in [0.25, 0.3) is 0 Å². The molecular formula is C16H22F3NO. The van der Waals surface area contributed by atoms with Crippen molar-refractivity contribution in [1.29, 1.82) is 0 Å². The lowest BCUT2D eigenvalue weighted by Crippen LogP contribution is -2.28. The summed E-state index contributed by atoms with van der Waals surface area (Å²) >= 11 is 0. The number of ether oxygens (including phenoxy) is 1. The number of rotatable bonds is 7. The van der Waals surface area contributed by atoms with Crippen LogP contribution in [0.15, 0.2) is 24.3 Å². The van der Waals surface area contributed by atoms with Crippen LogP contribution < -0.4 is 5.32 Å². The molecule has 0 amide bonds. The third-order valence-electron chi connectivity index (χ3n) is 3.80. The highest BCUT2D eigenvalue weighted by Crippen LogP contribution is 2.24. The molecule has 2 atom stereocenters. The molecule has 1 aromatic carbocycles. The molecule has 1 aliphatic carbocycles. The Labute approximate surface area is 123 Å². The summed E-state index contributed by atoms with van der Waals surface area (Å²) in [5.74, 6) is 0.398. The first kappa shape index (κ1) is 16.3. The molecule has 0 aromatic heterocycles. The molecule has 1 N–H and O–H groups in total.